The molecule has 0 saturated carbocycles. The number of hydrogen-bond acceptors (Lipinski definition) is 1. The molecule has 0 unspecified atom stereocenters. The molecule has 6 rings (SSSR count). The summed E-state index contributed by atoms with van der Waals surface area (Å²) in [5.74, 6) is 7.28. The molecule has 1 aromatic heterocycles. The first-order valence-corrected chi connectivity index (χ1v) is 14.6. The molecule has 0 fully saturated rings. The Hall–Kier alpha value is -4.03. The zero-order valence-corrected chi connectivity index (χ0v) is 25.1. The number of aliphatic imine (C=N–C) groups is 1. The molecule has 1 aliphatic rings. The van der Waals surface area contributed by atoms with Crippen molar-refractivity contribution in [1.82, 2.24) is 4.48 Å². The summed E-state index contributed by atoms with van der Waals surface area (Å²) in [7, 11) is 0. The molecule has 0 amide bonds. The normalized spacial score (nSPS) is 14.8. The van der Waals surface area contributed by atoms with Crippen molar-refractivity contribution in [2.24, 2.45) is 4.99 Å². The monoisotopic (exact) mass is 520 g/mol. The van der Waals surface area contributed by atoms with Gasteiger partial charge >= 0.3 is 6.85 Å². The Bertz CT molecular complexity index is 1970. The van der Waals surface area contributed by atoms with Gasteiger partial charge in [0.25, 0.3) is 0 Å². The van der Waals surface area contributed by atoms with Crippen molar-refractivity contribution in [3.05, 3.63) is 99.5 Å². The lowest BCUT2D eigenvalue weighted by Gasteiger charge is -2.16. The molecule has 0 radical (unpaired) electrons. The van der Waals surface area contributed by atoms with Crippen LogP contribution < -0.4 is 0 Å². The van der Waals surface area contributed by atoms with E-state index in [1.807, 2.05) is 0 Å². The summed E-state index contributed by atoms with van der Waals surface area (Å²) in [4.78, 5) is 5.05. The van der Waals surface area contributed by atoms with Crippen molar-refractivity contribution in [1.29, 1.82) is 0 Å². The van der Waals surface area contributed by atoms with E-state index in [1.165, 1.54) is 71.6 Å². The van der Waals surface area contributed by atoms with Crippen molar-refractivity contribution in [2.75, 3.05) is 0 Å². The highest BCUT2D eigenvalue weighted by atomic mass is 14.9. The Kier molecular flexibility index (Phi) is 6.46. The minimum absolute atomic E-state index is 0.0181. The molecule has 4 aromatic carbocycles. The maximum absolute atomic E-state index is 5.05. The fourth-order valence-corrected chi connectivity index (χ4v) is 7.20. The summed E-state index contributed by atoms with van der Waals surface area (Å²) in [5.41, 5.74) is 12.7. The summed E-state index contributed by atoms with van der Waals surface area (Å²) in [6, 6.07) is 19.9. The van der Waals surface area contributed by atoms with Gasteiger partial charge in [-0.2, -0.15) is 0 Å². The highest BCUT2D eigenvalue weighted by Crippen LogP contribution is 2.38. The van der Waals surface area contributed by atoms with Crippen LogP contribution in [0, 0.1) is 25.6 Å². The minimum atomic E-state index is 0.0181. The van der Waals surface area contributed by atoms with E-state index in [2.05, 4.69) is 126 Å². The quantitative estimate of drug-likeness (QED) is 0.128. The third-order valence-corrected chi connectivity index (χ3v) is 9.12. The van der Waals surface area contributed by atoms with Crippen LogP contribution in [0.2, 0.25) is 6.82 Å². The number of benzene rings is 4. The number of nitrogens with zero attached hydrogens (tertiary/aromatic N) is 2. The molecule has 0 spiro atoms. The fraction of sp³-hybridized carbons (Fsp3) is 0.270. The van der Waals surface area contributed by atoms with Crippen molar-refractivity contribution in [2.45, 2.75) is 68.1 Å². The topological polar surface area (TPSA) is 17.3 Å². The molecule has 0 atom stereocenters. The Morgan fingerprint density at radius 1 is 0.850 bits per heavy atom. The van der Waals surface area contributed by atoms with E-state index in [0.717, 1.165) is 29.8 Å². The summed E-state index contributed by atoms with van der Waals surface area (Å²) >= 11 is 0. The first-order chi connectivity index (χ1) is 19.3. The van der Waals surface area contributed by atoms with Crippen molar-refractivity contribution in [3.63, 3.8) is 0 Å². The molecule has 0 bridgehead atoms. The van der Waals surface area contributed by atoms with Gasteiger partial charge in [-0.25, -0.2) is 0 Å². The van der Waals surface area contributed by atoms with E-state index in [-0.39, 0.29) is 6.85 Å². The van der Waals surface area contributed by atoms with Gasteiger partial charge in [-0.15, -0.1) is 5.82 Å². The van der Waals surface area contributed by atoms with Gasteiger partial charge < -0.3 is 4.48 Å². The fourth-order valence-electron chi connectivity index (χ4n) is 7.20. The Balaban J connectivity index is 1.51. The predicted molar refractivity (Wildman–Crippen MR) is 176 cm³/mol. The van der Waals surface area contributed by atoms with E-state index < -0.39 is 0 Å². The number of aromatic nitrogens is 1. The summed E-state index contributed by atoms with van der Waals surface area (Å²) in [5, 5.41) is 7.74. The molecule has 0 N–H and O–H groups in total. The van der Waals surface area contributed by atoms with Crippen LogP contribution in [0.4, 0.5) is 0 Å². The van der Waals surface area contributed by atoms with Crippen LogP contribution >= 0.6 is 0 Å². The second kappa shape index (κ2) is 9.86. The Morgan fingerprint density at radius 3 is 2.15 bits per heavy atom. The Morgan fingerprint density at radius 2 is 1.50 bits per heavy atom. The SMILES string of the molecule is CCC1=C(C)/C(=C(\C)c2c(C)c(CC)c(C)n2B(C)C#Cc2ccc3ccc4cccc5ccc2c3c45)N=C1C. The van der Waals surface area contributed by atoms with Gasteiger partial charge in [0.15, 0.2) is 0 Å². The van der Waals surface area contributed by atoms with Crippen molar-refractivity contribution in [3.8, 4) is 11.7 Å². The average molecular weight is 521 g/mol. The predicted octanol–water partition coefficient (Wildman–Crippen LogP) is 9.56. The highest BCUT2D eigenvalue weighted by molar-refractivity contribution is 6.65. The van der Waals surface area contributed by atoms with Crippen LogP contribution in [0.3, 0.4) is 0 Å². The van der Waals surface area contributed by atoms with Crippen molar-refractivity contribution < 1.29 is 0 Å². The van der Waals surface area contributed by atoms with Gasteiger partial charge in [0.05, 0.1) is 5.70 Å². The van der Waals surface area contributed by atoms with E-state index in [9.17, 15) is 0 Å². The van der Waals surface area contributed by atoms with Gasteiger partial charge in [0, 0.05) is 22.7 Å². The molecule has 2 heterocycles. The molecule has 0 aliphatic carbocycles. The molecule has 40 heavy (non-hydrogen) atoms. The van der Waals surface area contributed by atoms with Gasteiger partial charge in [0.1, 0.15) is 0 Å². The van der Waals surface area contributed by atoms with Gasteiger partial charge in [0.2, 0.25) is 0 Å². The zero-order chi connectivity index (χ0) is 28.3. The van der Waals surface area contributed by atoms with Crippen LogP contribution in [-0.4, -0.2) is 17.0 Å². The molecule has 3 heteroatoms. The third kappa shape index (κ3) is 3.85. The van der Waals surface area contributed by atoms with E-state index >= 15 is 0 Å². The second-order valence-electron chi connectivity index (χ2n) is 11.3. The molecule has 0 saturated heterocycles. The summed E-state index contributed by atoms with van der Waals surface area (Å²) in [6.07, 6.45) is 2.02. The van der Waals surface area contributed by atoms with Crippen molar-refractivity contribution >= 4 is 50.4 Å². The lowest BCUT2D eigenvalue weighted by atomic mass is 9.65. The van der Waals surface area contributed by atoms with Crippen LogP contribution in [0.25, 0.3) is 37.9 Å². The van der Waals surface area contributed by atoms with Gasteiger partial charge in [-0.1, -0.05) is 75.1 Å². The molecule has 5 aromatic rings. The number of allylic oxidation sites excluding steroid dienone is 3. The highest BCUT2D eigenvalue weighted by Gasteiger charge is 2.26. The Labute approximate surface area is 238 Å². The smallest absolute Gasteiger partial charge is 0.343 e. The molecular formula is C37H37BN2. The zero-order valence-electron chi connectivity index (χ0n) is 25.1. The molecule has 198 valence electrons. The second-order valence-corrected chi connectivity index (χ2v) is 11.3. The van der Waals surface area contributed by atoms with Crippen LogP contribution in [0.1, 0.15) is 69.1 Å². The maximum Gasteiger partial charge on any atom is 0.343 e. The average Bonchev–Trinajstić information content (AvgIpc) is 3.39. The molecular weight excluding hydrogens is 483 g/mol. The first-order valence-electron chi connectivity index (χ1n) is 14.6. The van der Waals surface area contributed by atoms with E-state index in [1.54, 1.807) is 0 Å². The van der Waals surface area contributed by atoms with E-state index in [0.29, 0.717) is 0 Å². The lowest BCUT2D eigenvalue weighted by Crippen LogP contribution is -2.22. The standard InChI is InChI=1S/C37H37BN2/c1-9-31-22(3)36(39-25(31)6)24(5)37-23(4)32(10-2)26(7)40(37)38(8)21-20-27-14-15-30-17-16-28-12-11-13-29-18-19-33(27)35(30)34(28)29/h11-19H,9-10H2,1-8H3/b36-24-. The minimum Gasteiger partial charge on any atom is -0.377 e. The molecule has 1 aliphatic heterocycles. The lowest BCUT2D eigenvalue weighted by molar-refractivity contribution is 1.04. The number of rotatable bonds is 4. The van der Waals surface area contributed by atoms with Crippen LogP contribution in [-0.2, 0) is 6.42 Å². The summed E-state index contributed by atoms with van der Waals surface area (Å²) in [6.45, 7) is 17.9. The third-order valence-electron chi connectivity index (χ3n) is 9.12. The van der Waals surface area contributed by atoms with Gasteiger partial charge in [-0.3, -0.25) is 4.99 Å². The maximum atomic E-state index is 5.05. The summed E-state index contributed by atoms with van der Waals surface area (Å²) < 4.78 is 2.46. The van der Waals surface area contributed by atoms with E-state index in [4.69, 9.17) is 4.99 Å². The first kappa shape index (κ1) is 26.2. The molecule has 2 nitrogen and oxygen atoms in total. The largest absolute Gasteiger partial charge is 0.377 e. The van der Waals surface area contributed by atoms with Crippen LogP contribution in [0.15, 0.2) is 76.4 Å². The van der Waals surface area contributed by atoms with Gasteiger partial charge in [-0.05, 0) is 114 Å². The van der Waals surface area contributed by atoms with Crippen LogP contribution in [0.5, 0.6) is 0 Å². The number of hydrogen-bond donors (Lipinski definition) is 0.